The first-order valence-corrected chi connectivity index (χ1v) is 8.14. The molecule has 1 aromatic carbocycles. The van der Waals surface area contributed by atoms with Crippen LogP contribution >= 0.6 is 11.6 Å². The van der Waals surface area contributed by atoms with E-state index in [1.54, 1.807) is 28.8 Å². The van der Waals surface area contributed by atoms with Crippen LogP contribution in [0, 0.1) is 0 Å². The number of anilines is 1. The number of carbonyl (C=O) groups is 1. The van der Waals surface area contributed by atoms with Crippen LogP contribution < -0.4 is 5.73 Å². The van der Waals surface area contributed by atoms with Gasteiger partial charge in [-0.05, 0) is 12.1 Å². The van der Waals surface area contributed by atoms with Crippen LogP contribution in [-0.4, -0.2) is 45.0 Å². The van der Waals surface area contributed by atoms with Gasteiger partial charge in [-0.15, -0.1) is 0 Å². The van der Waals surface area contributed by atoms with Crippen LogP contribution in [0.15, 0.2) is 36.7 Å². The topological polar surface area (TPSA) is 114 Å². The summed E-state index contributed by atoms with van der Waals surface area (Å²) < 4.78 is 18.2. The molecule has 1 aliphatic rings. The summed E-state index contributed by atoms with van der Waals surface area (Å²) in [6, 6.07) is 8.69. The molecule has 1 saturated heterocycles. The summed E-state index contributed by atoms with van der Waals surface area (Å²) in [6.07, 6.45) is 0.336. The van der Waals surface area contributed by atoms with Gasteiger partial charge in [0.1, 0.15) is 12.1 Å². The van der Waals surface area contributed by atoms with Gasteiger partial charge in [-0.2, -0.15) is 9.97 Å². The van der Waals surface area contributed by atoms with E-state index in [1.807, 2.05) is 6.07 Å². The van der Waals surface area contributed by atoms with E-state index in [4.69, 9.17) is 31.5 Å². The predicted molar refractivity (Wildman–Crippen MR) is 91.3 cm³/mol. The van der Waals surface area contributed by atoms with E-state index >= 15 is 0 Å². The Morgan fingerprint density at radius 2 is 2.15 bits per heavy atom. The summed E-state index contributed by atoms with van der Waals surface area (Å²) in [5.41, 5.74) is 6.96. The molecule has 10 heteroatoms. The minimum absolute atomic E-state index is 0.0330. The van der Waals surface area contributed by atoms with Gasteiger partial charge >= 0.3 is 5.97 Å². The summed E-state index contributed by atoms with van der Waals surface area (Å²) >= 11 is 6.02. The minimum Gasteiger partial charge on any atom is -0.457 e. The molecule has 4 rings (SSSR count). The molecule has 0 radical (unpaired) electrons. The molecule has 0 aliphatic carbocycles. The average molecular weight is 376 g/mol. The average Bonchev–Trinajstić information content (AvgIpc) is 3.27. The van der Waals surface area contributed by atoms with Crippen LogP contribution in [-0.2, 0) is 14.2 Å². The van der Waals surface area contributed by atoms with Gasteiger partial charge < -0.3 is 19.9 Å². The van der Waals surface area contributed by atoms with Crippen molar-refractivity contribution in [2.24, 2.45) is 0 Å². The van der Waals surface area contributed by atoms with Crippen molar-refractivity contribution < 1.29 is 19.0 Å². The van der Waals surface area contributed by atoms with Gasteiger partial charge in [0.05, 0.1) is 18.5 Å². The second-order valence-corrected chi connectivity index (χ2v) is 5.87. The Bertz CT molecular complexity index is 948. The Balaban J connectivity index is 1.42. The molecule has 0 saturated carbocycles. The van der Waals surface area contributed by atoms with Crippen LogP contribution in [0.25, 0.3) is 11.2 Å². The Morgan fingerprint density at radius 1 is 1.35 bits per heavy atom. The Labute approximate surface area is 152 Å². The number of hydrogen-bond acceptors (Lipinski definition) is 8. The highest BCUT2D eigenvalue weighted by Crippen LogP contribution is 2.27. The number of nitrogens with two attached hydrogens (primary N) is 1. The van der Waals surface area contributed by atoms with Crippen LogP contribution in [0.5, 0.6) is 0 Å². The highest BCUT2D eigenvalue weighted by atomic mass is 35.5. The molecular formula is C16H14ClN5O4. The largest absolute Gasteiger partial charge is 0.457 e. The minimum atomic E-state index is -0.695. The first-order chi connectivity index (χ1) is 12.6. The molecule has 1 fully saturated rings. The van der Waals surface area contributed by atoms with Gasteiger partial charge in [0.25, 0.3) is 0 Å². The van der Waals surface area contributed by atoms with Crippen molar-refractivity contribution in [3.05, 3.63) is 47.4 Å². The van der Waals surface area contributed by atoms with E-state index < -0.39 is 18.5 Å². The standard InChI is InChI=1S/C16H14ClN5O4/c17-13-12-14(21-16(18)20-13)22(8-19-12)10-6-24-11(26-10)7-25-15(23)9-4-2-1-3-5-9/h1-5,8,10-11H,6-7H2,(H2,18,20,21). The number of aromatic nitrogens is 4. The Hall–Kier alpha value is -2.75. The number of imidazole rings is 1. The molecule has 2 aromatic heterocycles. The van der Waals surface area contributed by atoms with E-state index in [1.165, 1.54) is 6.33 Å². The van der Waals surface area contributed by atoms with Crippen molar-refractivity contribution in [2.75, 3.05) is 18.9 Å². The summed E-state index contributed by atoms with van der Waals surface area (Å²) in [4.78, 5) is 24.1. The number of nitrogen functional groups attached to an aromatic ring is 1. The fraction of sp³-hybridized carbons (Fsp3) is 0.250. The van der Waals surface area contributed by atoms with Gasteiger partial charge in [-0.1, -0.05) is 29.8 Å². The first kappa shape index (κ1) is 16.7. The number of nitrogens with zero attached hydrogens (tertiary/aromatic N) is 4. The molecule has 26 heavy (non-hydrogen) atoms. The van der Waals surface area contributed by atoms with Crippen molar-refractivity contribution in [1.82, 2.24) is 19.5 Å². The number of esters is 1. The Morgan fingerprint density at radius 3 is 2.96 bits per heavy atom. The molecule has 0 bridgehead atoms. The third-order valence-corrected chi connectivity index (χ3v) is 4.06. The summed E-state index contributed by atoms with van der Waals surface area (Å²) in [6.45, 7) is 0.204. The maximum absolute atomic E-state index is 12.0. The van der Waals surface area contributed by atoms with E-state index in [0.29, 0.717) is 16.7 Å². The van der Waals surface area contributed by atoms with Crippen molar-refractivity contribution >= 4 is 34.7 Å². The van der Waals surface area contributed by atoms with Crippen LogP contribution in [0.1, 0.15) is 16.6 Å². The number of ether oxygens (including phenoxy) is 3. The first-order valence-electron chi connectivity index (χ1n) is 7.76. The van der Waals surface area contributed by atoms with E-state index in [-0.39, 0.29) is 24.3 Å². The molecule has 9 nitrogen and oxygen atoms in total. The highest BCUT2D eigenvalue weighted by molar-refractivity contribution is 6.33. The van der Waals surface area contributed by atoms with Crippen molar-refractivity contribution in [3.63, 3.8) is 0 Å². The maximum atomic E-state index is 12.0. The summed E-state index contributed by atoms with van der Waals surface area (Å²) in [5.74, 6) is -0.405. The number of fused-ring (bicyclic) bond motifs is 1. The van der Waals surface area contributed by atoms with Crippen molar-refractivity contribution in [1.29, 1.82) is 0 Å². The molecule has 3 aromatic rings. The fourth-order valence-corrected chi connectivity index (χ4v) is 2.81. The predicted octanol–water partition coefficient (Wildman–Crippen LogP) is 1.79. The smallest absolute Gasteiger partial charge is 0.338 e. The van der Waals surface area contributed by atoms with Gasteiger partial charge in [0, 0.05) is 0 Å². The second-order valence-electron chi connectivity index (χ2n) is 5.51. The SMILES string of the molecule is Nc1nc(Cl)c2ncn(C3COC(COC(=O)c4ccccc4)O3)c2n1. The van der Waals surface area contributed by atoms with Gasteiger partial charge in [-0.25, -0.2) is 9.78 Å². The number of rotatable bonds is 4. The monoisotopic (exact) mass is 375 g/mol. The van der Waals surface area contributed by atoms with E-state index in [9.17, 15) is 4.79 Å². The fourth-order valence-electron chi connectivity index (χ4n) is 2.59. The normalized spacial score (nSPS) is 19.7. The highest BCUT2D eigenvalue weighted by Gasteiger charge is 2.30. The van der Waals surface area contributed by atoms with Gasteiger partial charge in [-0.3, -0.25) is 4.57 Å². The maximum Gasteiger partial charge on any atom is 0.338 e. The molecule has 2 unspecified atom stereocenters. The van der Waals surface area contributed by atoms with Crippen LogP contribution in [0.2, 0.25) is 5.15 Å². The summed E-state index contributed by atoms with van der Waals surface area (Å²) in [7, 11) is 0. The number of carbonyl (C=O) groups excluding carboxylic acids is 1. The lowest BCUT2D eigenvalue weighted by molar-refractivity contribution is -0.102. The molecule has 0 amide bonds. The number of benzene rings is 1. The molecule has 1 aliphatic heterocycles. The molecular weight excluding hydrogens is 362 g/mol. The number of halogens is 1. The van der Waals surface area contributed by atoms with Crippen molar-refractivity contribution in [2.45, 2.75) is 12.5 Å². The molecule has 2 N–H and O–H groups in total. The number of hydrogen-bond donors (Lipinski definition) is 1. The third kappa shape index (κ3) is 3.19. The van der Waals surface area contributed by atoms with Gasteiger partial charge in [0.15, 0.2) is 23.3 Å². The van der Waals surface area contributed by atoms with E-state index in [2.05, 4.69) is 15.0 Å². The zero-order valence-corrected chi connectivity index (χ0v) is 14.2. The third-order valence-electron chi connectivity index (χ3n) is 3.80. The van der Waals surface area contributed by atoms with Crippen molar-refractivity contribution in [3.8, 4) is 0 Å². The molecule has 134 valence electrons. The van der Waals surface area contributed by atoms with E-state index in [0.717, 1.165) is 0 Å². The quantitative estimate of drug-likeness (QED) is 0.542. The van der Waals surface area contributed by atoms with Gasteiger partial charge in [0.2, 0.25) is 5.95 Å². The molecule has 3 heterocycles. The zero-order chi connectivity index (χ0) is 18.1. The van der Waals surface area contributed by atoms with Crippen LogP contribution in [0.4, 0.5) is 5.95 Å². The van der Waals surface area contributed by atoms with Crippen LogP contribution in [0.3, 0.4) is 0 Å². The lowest BCUT2D eigenvalue weighted by Gasteiger charge is -2.13. The molecule has 0 spiro atoms. The Kier molecular flexibility index (Phi) is 4.41. The molecule has 2 atom stereocenters. The second kappa shape index (κ2) is 6.87. The zero-order valence-electron chi connectivity index (χ0n) is 13.4. The lowest BCUT2D eigenvalue weighted by atomic mass is 10.2. The lowest BCUT2D eigenvalue weighted by Crippen LogP contribution is -2.20. The summed E-state index contributed by atoms with van der Waals surface area (Å²) in [5, 5.41) is 0.165.